The number of hydrogen-bond donors (Lipinski definition) is 1. The highest BCUT2D eigenvalue weighted by Gasteiger charge is 2.28. The Bertz CT molecular complexity index is 750. The van der Waals surface area contributed by atoms with Crippen molar-refractivity contribution in [2.45, 2.75) is 39.3 Å². The Balaban J connectivity index is 2.14. The molecule has 0 bridgehead atoms. The molecule has 0 fully saturated rings. The SMILES string of the molecule is CCCNC(=O)[C@@H](CC)N(Cc1ccccc1)C(=O)COc1ccc(Cl)cc1. The van der Waals surface area contributed by atoms with E-state index in [1.807, 2.05) is 44.2 Å². The van der Waals surface area contributed by atoms with Gasteiger partial charge in [0.25, 0.3) is 5.91 Å². The molecule has 2 rings (SSSR count). The second kappa shape index (κ2) is 11.3. The number of benzene rings is 2. The van der Waals surface area contributed by atoms with Gasteiger partial charge in [0.05, 0.1) is 0 Å². The second-order valence-corrected chi connectivity index (χ2v) is 6.90. The summed E-state index contributed by atoms with van der Waals surface area (Å²) in [6.45, 7) is 4.69. The molecule has 2 amide bonds. The van der Waals surface area contributed by atoms with Crippen LogP contribution in [0.2, 0.25) is 5.02 Å². The highest BCUT2D eigenvalue weighted by Crippen LogP contribution is 2.17. The van der Waals surface area contributed by atoms with Crippen LogP contribution in [0.15, 0.2) is 54.6 Å². The molecule has 0 aromatic heterocycles. The van der Waals surface area contributed by atoms with Gasteiger partial charge < -0.3 is 15.0 Å². The van der Waals surface area contributed by atoms with Gasteiger partial charge in [0.1, 0.15) is 11.8 Å². The molecule has 28 heavy (non-hydrogen) atoms. The molecule has 1 N–H and O–H groups in total. The van der Waals surface area contributed by atoms with Crippen LogP contribution >= 0.6 is 11.6 Å². The van der Waals surface area contributed by atoms with Crippen LogP contribution in [0.25, 0.3) is 0 Å². The molecule has 0 saturated carbocycles. The van der Waals surface area contributed by atoms with Gasteiger partial charge in [-0.3, -0.25) is 9.59 Å². The number of hydrogen-bond acceptors (Lipinski definition) is 3. The molecule has 0 aliphatic rings. The number of nitrogens with zero attached hydrogens (tertiary/aromatic N) is 1. The highest BCUT2D eigenvalue weighted by atomic mass is 35.5. The van der Waals surface area contributed by atoms with E-state index in [4.69, 9.17) is 16.3 Å². The minimum Gasteiger partial charge on any atom is -0.484 e. The van der Waals surface area contributed by atoms with Crippen LogP contribution in [-0.4, -0.2) is 35.9 Å². The van der Waals surface area contributed by atoms with Crippen molar-refractivity contribution < 1.29 is 14.3 Å². The lowest BCUT2D eigenvalue weighted by molar-refractivity contribution is -0.143. The lowest BCUT2D eigenvalue weighted by Crippen LogP contribution is -2.50. The molecule has 0 heterocycles. The van der Waals surface area contributed by atoms with E-state index in [9.17, 15) is 9.59 Å². The molecule has 6 heteroatoms. The summed E-state index contributed by atoms with van der Waals surface area (Å²) in [6.07, 6.45) is 1.36. The molecule has 0 unspecified atom stereocenters. The summed E-state index contributed by atoms with van der Waals surface area (Å²) in [5.41, 5.74) is 0.962. The summed E-state index contributed by atoms with van der Waals surface area (Å²) >= 11 is 5.88. The third kappa shape index (κ3) is 6.57. The van der Waals surface area contributed by atoms with Crippen molar-refractivity contribution in [3.63, 3.8) is 0 Å². The molecule has 0 aliphatic heterocycles. The smallest absolute Gasteiger partial charge is 0.261 e. The molecule has 5 nitrogen and oxygen atoms in total. The Morgan fingerprint density at radius 2 is 1.75 bits per heavy atom. The van der Waals surface area contributed by atoms with E-state index < -0.39 is 6.04 Å². The summed E-state index contributed by atoms with van der Waals surface area (Å²) in [5.74, 6) is 0.179. The average molecular weight is 403 g/mol. The van der Waals surface area contributed by atoms with Gasteiger partial charge in [-0.1, -0.05) is 55.8 Å². The molecule has 0 spiro atoms. The number of carbonyl (C=O) groups excluding carboxylic acids is 2. The van der Waals surface area contributed by atoms with E-state index in [1.54, 1.807) is 29.2 Å². The van der Waals surface area contributed by atoms with Crippen LogP contribution < -0.4 is 10.1 Å². The minimum absolute atomic E-state index is 0.139. The van der Waals surface area contributed by atoms with E-state index in [2.05, 4.69) is 5.32 Å². The Morgan fingerprint density at radius 1 is 1.07 bits per heavy atom. The van der Waals surface area contributed by atoms with Crippen LogP contribution in [0.5, 0.6) is 5.75 Å². The molecule has 2 aromatic carbocycles. The molecule has 0 radical (unpaired) electrons. The zero-order valence-electron chi connectivity index (χ0n) is 16.4. The first-order valence-electron chi connectivity index (χ1n) is 9.54. The number of amides is 2. The van der Waals surface area contributed by atoms with Gasteiger partial charge in [-0.15, -0.1) is 0 Å². The van der Waals surface area contributed by atoms with Crippen LogP contribution in [0, 0.1) is 0 Å². The third-order valence-electron chi connectivity index (χ3n) is 4.31. The summed E-state index contributed by atoms with van der Waals surface area (Å²) in [6, 6.07) is 15.9. The fourth-order valence-electron chi connectivity index (χ4n) is 2.82. The number of halogens is 1. The lowest BCUT2D eigenvalue weighted by Gasteiger charge is -2.30. The van der Waals surface area contributed by atoms with E-state index in [0.717, 1.165) is 12.0 Å². The second-order valence-electron chi connectivity index (χ2n) is 6.46. The van der Waals surface area contributed by atoms with Crippen LogP contribution in [0.3, 0.4) is 0 Å². The maximum absolute atomic E-state index is 13.0. The maximum atomic E-state index is 13.0. The van der Waals surface area contributed by atoms with E-state index in [1.165, 1.54) is 0 Å². The normalized spacial score (nSPS) is 11.5. The van der Waals surface area contributed by atoms with Crippen molar-refractivity contribution in [2.75, 3.05) is 13.2 Å². The van der Waals surface area contributed by atoms with Crippen molar-refractivity contribution in [2.24, 2.45) is 0 Å². The lowest BCUT2D eigenvalue weighted by atomic mass is 10.1. The van der Waals surface area contributed by atoms with Gasteiger partial charge in [0, 0.05) is 18.1 Å². The van der Waals surface area contributed by atoms with Crippen LogP contribution in [-0.2, 0) is 16.1 Å². The first kappa shape index (κ1) is 21.8. The Hall–Kier alpha value is -2.53. The van der Waals surface area contributed by atoms with E-state index in [-0.39, 0.29) is 18.4 Å². The fourth-order valence-corrected chi connectivity index (χ4v) is 2.95. The molecule has 0 aliphatic carbocycles. The van der Waals surface area contributed by atoms with Gasteiger partial charge in [0.15, 0.2) is 6.61 Å². The average Bonchev–Trinajstić information content (AvgIpc) is 2.72. The third-order valence-corrected chi connectivity index (χ3v) is 4.56. The predicted molar refractivity (Wildman–Crippen MR) is 111 cm³/mol. The van der Waals surface area contributed by atoms with Gasteiger partial charge in [-0.25, -0.2) is 0 Å². The van der Waals surface area contributed by atoms with E-state index >= 15 is 0 Å². The molecular formula is C22H27ClN2O3. The molecule has 150 valence electrons. The van der Waals surface area contributed by atoms with Crippen molar-refractivity contribution in [1.82, 2.24) is 10.2 Å². The van der Waals surface area contributed by atoms with Crippen LogP contribution in [0.4, 0.5) is 0 Å². The van der Waals surface area contributed by atoms with Crippen molar-refractivity contribution in [3.8, 4) is 5.75 Å². The topological polar surface area (TPSA) is 58.6 Å². The highest BCUT2D eigenvalue weighted by molar-refractivity contribution is 6.30. The Kier molecular flexibility index (Phi) is 8.82. The maximum Gasteiger partial charge on any atom is 0.261 e. The summed E-state index contributed by atoms with van der Waals surface area (Å²) in [4.78, 5) is 27.2. The van der Waals surface area contributed by atoms with Gasteiger partial charge in [-0.05, 0) is 42.7 Å². The monoisotopic (exact) mass is 402 g/mol. The molecule has 0 saturated heterocycles. The van der Waals surface area contributed by atoms with Crippen molar-refractivity contribution in [1.29, 1.82) is 0 Å². The number of nitrogens with one attached hydrogen (secondary N) is 1. The van der Waals surface area contributed by atoms with Crippen molar-refractivity contribution in [3.05, 3.63) is 65.2 Å². The fraction of sp³-hybridized carbons (Fsp3) is 0.364. The number of rotatable bonds is 10. The van der Waals surface area contributed by atoms with Crippen molar-refractivity contribution >= 4 is 23.4 Å². The number of ether oxygens (including phenoxy) is 1. The quantitative estimate of drug-likeness (QED) is 0.652. The van der Waals surface area contributed by atoms with Gasteiger partial charge >= 0.3 is 0 Å². The Labute approximate surface area is 171 Å². The largest absolute Gasteiger partial charge is 0.484 e. The minimum atomic E-state index is -0.548. The van der Waals surface area contributed by atoms with Crippen LogP contribution in [0.1, 0.15) is 32.3 Å². The first-order chi connectivity index (χ1) is 13.5. The Morgan fingerprint density at radius 3 is 2.36 bits per heavy atom. The summed E-state index contributed by atoms with van der Waals surface area (Å²) in [7, 11) is 0. The zero-order chi connectivity index (χ0) is 20.4. The summed E-state index contributed by atoms with van der Waals surface area (Å²) in [5, 5.41) is 3.50. The summed E-state index contributed by atoms with van der Waals surface area (Å²) < 4.78 is 5.62. The van der Waals surface area contributed by atoms with E-state index in [0.29, 0.717) is 30.3 Å². The standard InChI is InChI=1S/C22H27ClN2O3/c1-3-14-24-22(27)20(4-2)25(15-17-8-6-5-7-9-17)21(26)16-28-19-12-10-18(23)11-13-19/h5-13,20H,3-4,14-16H2,1-2H3,(H,24,27)/t20-/m1/s1. The molecule has 2 aromatic rings. The zero-order valence-corrected chi connectivity index (χ0v) is 17.1. The van der Waals surface area contributed by atoms with Gasteiger partial charge in [0.2, 0.25) is 5.91 Å². The number of carbonyl (C=O) groups is 2. The first-order valence-corrected chi connectivity index (χ1v) is 9.92. The molecule has 1 atom stereocenters. The predicted octanol–water partition coefficient (Wildman–Crippen LogP) is 4.05. The van der Waals surface area contributed by atoms with Gasteiger partial charge in [-0.2, -0.15) is 0 Å². The molecular weight excluding hydrogens is 376 g/mol.